The molecule has 5 heteroatoms. The first-order chi connectivity index (χ1) is 10.1. The van der Waals surface area contributed by atoms with E-state index in [1.807, 2.05) is 30.3 Å². The first kappa shape index (κ1) is 15.2. The van der Waals surface area contributed by atoms with Crippen LogP contribution in [0.15, 0.2) is 48.5 Å². The average Bonchev–Trinajstić information content (AvgIpc) is 2.49. The highest BCUT2D eigenvalue weighted by molar-refractivity contribution is 5.53. The smallest absolute Gasteiger partial charge is 0.159 e. The molecule has 2 unspecified atom stereocenters. The second-order valence-corrected chi connectivity index (χ2v) is 5.01. The Kier molecular flexibility index (Phi) is 5.03. The number of benzene rings is 2. The fraction of sp³-hybridized carbons (Fsp3) is 0.250. The molecule has 0 saturated heterocycles. The third-order valence-electron chi connectivity index (χ3n) is 3.30. The number of aliphatic hydroxyl groups is 1. The maximum Gasteiger partial charge on any atom is 0.159 e. The van der Waals surface area contributed by atoms with Crippen molar-refractivity contribution in [3.05, 3.63) is 54.1 Å². The highest BCUT2D eigenvalue weighted by atomic mass is 16.3. The van der Waals surface area contributed by atoms with Crippen LogP contribution in [0.3, 0.4) is 0 Å². The lowest BCUT2D eigenvalue weighted by molar-refractivity contribution is 0.156. The van der Waals surface area contributed by atoms with Gasteiger partial charge in [0.05, 0.1) is 6.10 Å². The SMILES string of the molecule is NC(Cc1ccccc1)C(O)CNc1ccc(O)c(O)c1. The van der Waals surface area contributed by atoms with Crippen molar-refractivity contribution in [2.45, 2.75) is 18.6 Å². The van der Waals surface area contributed by atoms with Crippen LogP contribution >= 0.6 is 0 Å². The van der Waals surface area contributed by atoms with E-state index < -0.39 is 6.10 Å². The second-order valence-electron chi connectivity index (χ2n) is 5.01. The van der Waals surface area contributed by atoms with Gasteiger partial charge in [-0.1, -0.05) is 30.3 Å². The molecule has 0 aliphatic rings. The molecule has 5 nitrogen and oxygen atoms in total. The Morgan fingerprint density at radius 2 is 1.71 bits per heavy atom. The fourth-order valence-corrected chi connectivity index (χ4v) is 2.03. The zero-order valence-corrected chi connectivity index (χ0v) is 11.6. The number of hydrogen-bond donors (Lipinski definition) is 5. The number of phenols is 2. The molecule has 2 aromatic rings. The quantitative estimate of drug-likeness (QED) is 0.409. The lowest BCUT2D eigenvalue weighted by atomic mass is 10.0. The summed E-state index contributed by atoms with van der Waals surface area (Å²) in [4.78, 5) is 0. The molecule has 2 aromatic carbocycles. The van der Waals surface area contributed by atoms with Crippen molar-refractivity contribution in [3.63, 3.8) is 0 Å². The minimum Gasteiger partial charge on any atom is -0.504 e. The third kappa shape index (κ3) is 4.37. The van der Waals surface area contributed by atoms with E-state index in [4.69, 9.17) is 5.73 Å². The van der Waals surface area contributed by atoms with Gasteiger partial charge in [0.15, 0.2) is 11.5 Å². The van der Waals surface area contributed by atoms with Crippen molar-refractivity contribution < 1.29 is 15.3 Å². The summed E-state index contributed by atoms with van der Waals surface area (Å²) in [5.74, 6) is -0.384. The molecule has 6 N–H and O–H groups in total. The normalized spacial score (nSPS) is 13.6. The summed E-state index contributed by atoms with van der Waals surface area (Å²) in [6, 6.07) is 13.8. The first-order valence-electron chi connectivity index (χ1n) is 6.79. The standard InChI is InChI=1S/C16H20N2O3/c17-13(8-11-4-2-1-3-5-11)16(21)10-18-12-6-7-14(19)15(20)9-12/h1-7,9,13,16,18-21H,8,10,17H2. The van der Waals surface area contributed by atoms with Gasteiger partial charge < -0.3 is 26.4 Å². The highest BCUT2D eigenvalue weighted by Crippen LogP contribution is 2.27. The van der Waals surface area contributed by atoms with E-state index in [0.29, 0.717) is 12.1 Å². The van der Waals surface area contributed by atoms with Crippen molar-refractivity contribution in [3.8, 4) is 11.5 Å². The summed E-state index contributed by atoms with van der Waals surface area (Å²) < 4.78 is 0. The van der Waals surface area contributed by atoms with Gasteiger partial charge in [-0.15, -0.1) is 0 Å². The molecule has 0 aliphatic carbocycles. The molecule has 2 atom stereocenters. The molecule has 112 valence electrons. The molecule has 0 radical (unpaired) electrons. The molecule has 0 aromatic heterocycles. The Balaban J connectivity index is 1.86. The molecule has 21 heavy (non-hydrogen) atoms. The Bertz CT molecular complexity index is 575. The molecule has 0 fully saturated rings. The van der Waals surface area contributed by atoms with Crippen molar-refractivity contribution >= 4 is 5.69 Å². The lowest BCUT2D eigenvalue weighted by Crippen LogP contribution is -2.41. The van der Waals surface area contributed by atoms with Gasteiger partial charge >= 0.3 is 0 Å². The third-order valence-corrected chi connectivity index (χ3v) is 3.30. The number of rotatable bonds is 6. The van der Waals surface area contributed by atoms with Crippen LogP contribution in [0.4, 0.5) is 5.69 Å². The predicted molar refractivity (Wildman–Crippen MR) is 82.4 cm³/mol. The van der Waals surface area contributed by atoms with Gasteiger partial charge in [0.25, 0.3) is 0 Å². The van der Waals surface area contributed by atoms with Crippen LogP contribution in [0.5, 0.6) is 11.5 Å². The molecule has 0 saturated carbocycles. The van der Waals surface area contributed by atoms with Crippen LogP contribution < -0.4 is 11.1 Å². The molecular formula is C16H20N2O3. The van der Waals surface area contributed by atoms with Crippen LogP contribution in [0.25, 0.3) is 0 Å². The summed E-state index contributed by atoms with van der Waals surface area (Å²) in [6.45, 7) is 0.262. The topological polar surface area (TPSA) is 98.7 Å². The van der Waals surface area contributed by atoms with Crippen molar-refractivity contribution in [2.75, 3.05) is 11.9 Å². The van der Waals surface area contributed by atoms with E-state index in [1.165, 1.54) is 12.1 Å². The van der Waals surface area contributed by atoms with Gasteiger partial charge in [0.1, 0.15) is 0 Å². The summed E-state index contributed by atoms with van der Waals surface area (Å²) >= 11 is 0. The molecule has 2 rings (SSSR count). The molecule has 0 spiro atoms. The summed E-state index contributed by atoms with van der Waals surface area (Å²) in [5, 5.41) is 31.7. The van der Waals surface area contributed by atoms with Crippen LogP contribution in [-0.4, -0.2) is 34.0 Å². The zero-order chi connectivity index (χ0) is 15.2. The minimum atomic E-state index is -0.721. The van der Waals surface area contributed by atoms with Gasteiger partial charge in [0.2, 0.25) is 0 Å². The van der Waals surface area contributed by atoms with Crippen LogP contribution in [0.1, 0.15) is 5.56 Å². The van der Waals surface area contributed by atoms with E-state index in [2.05, 4.69) is 5.32 Å². The van der Waals surface area contributed by atoms with Gasteiger partial charge in [-0.3, -0.25) is 0 Å². The Morgan fingerprint density at radius 1 is 1.00 bits per heavy atom. The molecular weight excluding hydrogens is 268 g/mol. The van der Waals surface area contributed by atoms with Gasteiger partial charge in [0, 0.05) is 24.3 Å². The van der Waals surface area contributed by atoms with E-state index in [0.717, 1.165) is 5.56 Å². The maximum atomic E-state index is 10.1. The summed E-state index contributed by atoms with van der Waals surface area (Å²) in [6.07, 6.45) is -0.133. The van der Waals surface area contributed by atoms with Crippen molar-refractivity contribution in [1.29, 1.82) is 0 Å². The maximum absolute atomic E-state index is 10.1. The van der Waals surface area contributed by atoms with E-state index in [1.54, 1.807) is 6.07 Å². The molecule has 0 amide bonds. The van der Waals surface area contributed by atoms with Gasteiger partial charge in [-0.2, -0.15) is 0 Å². The summed E-state index contributed by atoms with van der Waals surface area (Å²) in [7, 11) is 0. The second kappa shape index (κ2) is 6.97. The Hall–Kier alpha value is -2.24. The molecule has 0 aliphatic heterocycles. The minimum absolute atomic E-state index is 0.179. The van der Waals surface area contributed by atoms with Crippen LogP contribution in [0, 0.1) is 0 Å². The van der Waals surface area contributed by atoms with E-state index in [9.17, 15) is 15.3 Å². The first-order valence-corrected chi connectivity index (χ1v) is 6.79. The Morgan fingerprint density at radius 3 is 2.38 bits per heavy atom. The van der Waals surface area contributed by atoms with Crippen LogP contribution in [-0.2, 0) is 6.42 Å². The lowest BCUT2D eigenvalue weighted by Gasteiger charge is -2.20. The number of nitrogens with two attached hydrogens (primary N) is 1. The van der Waals surface area contributed by atoms with E-state index in [-0.39, 0.29) is 24.1 Å². The number of hydrogen-bond acceptors (Lipinski definition) is 5. The number of nitrogens with one attached hydrogen (secondary N) is 1. The number of anilines is 1. The zero-order valence-electron chi connectivity index (χ0n) is 11.6. The highest BCUT2D eigenvalue weighted by Gasteiger charge is 2.15. The molecule has 0 heterocycles. The predicted octanol–water partition coefficient (Wildman–Crippen LogP) is 1.44. The molecule has 0 bridgehead atoms. The number of aromatic hydroxyl groups is 2. The monoisotopic (exact) mass is 288 g/mol. The van der Waals surface area contributed by atoms with E-state index >= 15 is 0 Å². The van der Waals surface area contributed by atoms with Crippen LogP contribution in [0.2, 0.25) is 0 Å². The van der Waals surface area contributed by atoms with Gasteiger partial charge in [-0.25, -0.2) is 0 Å². The summed E-state index contributed by atoms with van der Waals surface area (Å²) in [5.41, 5.74) is 7.67. The largest absolute Gasteiger partial charge is 0.504 e. The number of aliphatic hydroxyl groups excluding tert-OH is 1. The average molecular weight is 288 g/mol. The van der Waals surface area contributed by atoms with Gasteiger partial charge in [-0.05, 0) is 24.1 Å². The van der Waals surface area contributed by atoms with Crippen molar-refractivity contribution in [1.82, 2.24) is 0 Å². The fourth-order valence-electron chi connectivity index (χ4n) is 2.03. The van der Waals surface area contributed by atoms with Crippen molar-refractivity contribution in [2.24, 2.45) is 5.73 Å². The Labute approximate surface area is 123 Å². The number of phenolic OH excluding ortho intramolecular Hbond substituents is 2.